The monoisotopic (exact) mass is 262 g/mol. The van der Waals surface area contributed by atoms with Crippen LogP contribution in [-0.2, 0) is 11.3 Å². The van der Waals surface area contributed by atoms with E-state index < -0.39 is 0 Å². The Bertz CT molecular complexity index is 578. The van der Waals surface area contributed by atoms with Crippen LogP contribution >= 0.6 is 11.6 Å². The van der Waals surface area contributed by atoms with Gasteiger partial charge in [-0.15, -0.1) is 0 Å². The Kier molecular flexibility index (Phi) is 3.79. The molecule has 0 aliphatic carbocycles. The maximum atomic E-state index is 11.7. The van der Waals surface area contributed by atoms with Crippen LogP contribution in [0.1, 0.15) is 10.4 Å². The highest BCUT2D eigenvalue weighted by Gasteiger charge is 2.04. The Hall–Kier alpha value is -2.07. The largest absolute Gasteiger partial charge is 0.344 e. The van der Waals surface area contributed by atoms with E-state index >= 15 is 0 Å². The molecule has 0 aliphatic heterocycles. The number of rotatable bonds is 4. The van der Waals surface area contributed by atoms with Crippen molar-refractivity contribution in [2.24, 2.45) is 0 Å². The zero-order valence-corrected chi connectivity index (χ0v) is 10.2. The second-order valence-corrected chi connectivity index (χ2v) is 4.23. The summed E-state index contributed by atoms with van der Waals surface area (Å²) in [6.45, 7) is 0.153. The molecular weight excluding hydrogens is 252 g/mol. The van der Waals surface area contributed by atoms with Crippen LogP contribution in [0.2, 0.25) is 5.02 Å². The molecule has 0 atom stereocenters. The standard InChI is InChI=1S/C13H11ClN2O2/c14-11-2-1-3-12(6-11)15-13(18)8-16-5-4-10(7-16)9-17/h1-7,9H,8H2,(H,15,18). The number of amides is 1. The van der Waals surface area contributed by atoms with Crippen LogP contribution in [0.5, 0.6) is 0 Å². The van der Waals surface area contributed by atoms with Crippen LogP contribution < -0.4 is 5.32 Å². The average Bonchev–Trinajstić information content (AvgIpc) is 2.76. The van der Waals surface area contributed by atoms with Crippen LogP contribution in [0.15, 0.2) is 42.7 Å². The van der Waals surface area contributed by atoms with Crippen molar-refractivity contribution < 1.29 is 9.59 Å². The minimum Gasteiger partial charge on any atom is -0.344 e. The van der Waals surface area contributed by atoms with Gasteiger partial charge in [-0.1, -0.05) is 17.7 Å². The molecule has 0 spiro atoms. The normalized spacial score (nSPS) is 10.1. The zero-order valence-electron chi connectivity index (χ0n) is 9.47. The highest BCUT2D eigenvalue weighted by molar-refractivity contribution is 6.30. The maximum Gasteiger partial charge on any atom is 0.244 e. The second-order valence-electron chi connectivity index (χ2n) is 3.79. The molecule has 2 rings (SSSR count). The zero-order chi connectivity index (χ0) is 13.0. The molecule has 0 bridgehead atoms. The maximum absolute atomic E-state index is 11.7. The van der Waals surface area contributed by atoms with E-state index in [9.17, 15) is 9.59 Å². The van der Waals surface area contributed by atoms with Crippen molar-refractivity contribution >= 4 is 29.5 Å². The summed E-state index contributed by atoms with van der Waals surface area (Å²) in [5.74, 6) is -0.176. The highest BCUT2D eigenvalue weighted by Crippen LogP contribution is 2.14. The predicted octanol–water partition coefficient (Wildman–Crippen LogP) is 2.59. The van der Waals surface area contributed by atoms with E-state index in [4.69, 9.17) is 11.6 Å². The number of aldehydes is 1. The molecule has 0 radical (unpaired) electrons. The number of carbonyl (C=O) groups is 2. The first kappa shape index (κ1) is 12.4. The van der Waals surface area contributed by atoms with Gasteiger partial charge in [0.15, 0.2) is 6.29 Å². The molecule has 1 amide bonds. The Labute approximate surface area is 109 Å². The predicted molar refractivity (Wildman–Crippen MR) is 69.9 cm³/mol. The molecule has 4 nitrogen and oxygen atoms in total. The Morgan fingerprint density at radius 1 is 1.39 bits per heavy atom. The summed E-state index contributed by atoms with van der Waals surface area (Å²) in [4.78, 5) is 22.2. The van der Waals surface area contributed by atoms with Gasteiger partial charge >= 0.3 is 0 Å². The molecular formula is C13H11ClN2O2. The van der Waals surface area contributed by atoms with Gasteiger partial charge in [0, 0.05) is 28.7 Å². The van der Waals surface area contributed by atoms with Crippen molar-refractivity contribution in [3.05, 3.63) is 53.3 Å². The first-order chi connectivity index (χ1) is 8.67. The number of carbonyl (C=O) groups excluding carboxylic acids is 2. The number of aromatic nitrogens is 1. The van der Waals surface area contributed by atoms with E-state index in [0.717, 1.165) is 6.29 Å². The van der Waals surface area contributed by atoms with Crippen molar-refractivity contribution in [1.29, 1.82) is 0 Å². The van der Waals surface area contributed by atoms with Crippen molar-refractivity contribution in [2.75, 3.05) is 5.32 Å². The molecule has 1 aromatic heterocycles. The van der Waals surface area contributed by atoms with Gasteiger partial charge < -0.3 is 9.88 Å². The smallest absolute Gasteiger partial charge is 0.244 e. The van der Waals surface area contributed by atoms with Crippen molar-refractivity contribution in [2.45, 2.75) is 6.54 Å². The van der Waals surface area contributed by atoms with Gasteiger partial charge in [0.2, 0.25) is 5.91 Å². The van der Waals surface area contributed by atoms with Crippen molar-refractivity contribution in [3.63, 3.8) is 0 Å². The van der Waals surface area contributed by atoms with Crippen molar-refractivity contribution in [3.8, 4) is 0 Å². The van der Waals surface area contributed by atoms with E-state index in [1.807, 2.05) is 0 Å². The fourth-order valence-corrected chi connectivity index (χ4v) is 1.75. The first-order valence-corrected chi connectivity index (χ1v) is 5.71. The second kappa shape index (κ2) is 5.51. The fourth-order valence-electron chi connectivity index (χ4n) is 1.56. The van der Waals surface area contributed by atoms with E-state index in [2.05, 4.69) is 5.32 Å². The third-order valence-corrected chi connectivity index (χ3v) is 2.58. The van der Waals surface area contributed by atoms with Crippen LogP contribution in [0.3, 0.4) is 0 Å². The average molecular weight is 263 g/mol. The van der Waals surface area contributed by atoms with E-state index in [1.165, 1.54) is 0 Å². The molecule has 2 aromatic rings. The quantitative estimate of drug-likeness (QED) is 0.861. The summed E-state index contributed by atoms with van der Waals surface area (Å²) in [6, 6.07) is 8.58. The summed E-state index contributed by atoms with van der Waals surface area (Å²) in [5.41, 5.74) is 1.20. The minimum absolute atomic E-state index is 0.153. The first-order valence-electron chi connectivity index (χ1n) is 5.34. The van der Waals surface area contributed by atoms with Crippen molar-refractivity contribution in [1.82, 2.24) is 4.57 Å². The van der Waals surface area contributed by atoms with Gasteiger partial charge in [-0.25, -0.2) is 0 Å². The van der Waals surface area contributed by atoms with E-state index in [1.54, 1.807) is 47.3 Å². The number of hydrogen-bond donors (Lipinski definition) is 1. The lowest BCUT2D eigenvalue weighted by Gasteiger charge is -2.06. The molecule has 18 heavy (non-hydrogen) atoms. The lowest BCUT2D eigenvalue weighted by Crippen LogP contribution is -2.17. The highest BCUT2D eigenvalue weighted by atomic mass is 35.5. The minimum atomic E-state index is -0.176. The van der Waals surface area contributed by atoms with Crippen LogP contribution in [0, 0.1) is 0 Å². The third kappa shape index (κ3) is 3.21. The molecule has 1 heterocycles. The molecule has 92 valence electrons. The van der Waals surface area contributed by atoms with Gasteiger partial charge in [0.25, 0.3) is 0 Å². The summed E-state index contributed by atoms with van der Waals surface area (Å²) in [6.07, 6.45) is 4.04. The van der Waals surface area contributed by atoms with Gasteiger partial charge in [0.05, 0.1) is 0 Å². The van der Waals surface area contributed by atoms with Gasteiger partial charge in [-0.3, -0.25) is 9.59 Å². The molecule has 0 fully saturated rings. The summed E-state index contributed by atoms with van der Waals surface area (Å²) < 4.78 is 1.64. The fraction of sp³-hybridized carbons (Fsp3) is 0.0769. The van der Waals surface area contributed by atoms with Crippen LogP contribution in [0.25, 0.3) is 0 Å². The number of nitrogens with zero attached hydrogens (tertiary/aromatic N) is 1. The van der Waals surface area contributed by atoms with E-state index in [-0.39, 0.29) is 12.5 Å². The molecule has 0 saturated heterocycles. The Morgan fingerprint density at radius 3 is 2.89 bits per heavy atom. The Morgan fingerprint density at radius 2 is 2.22 bits per heavy atom. The summed E-state index contributed by atoms with van der Waals surface area (Å²) >= 11 is 5.82. The van der Waals surface area contributed by atoms with Crippen LogP contribution in [-0.4, -0.2) is 16.8 Å². The van der Waals surface area contributed by atoms with Gasteiger partial charge in [0.1, 0.15) is 6.54 Å². The molecule has 0 aliphatic rings. The number of anilines is 1. The SMILES string of the molecule is O=Cc1ccn(CC(=O)Nc2cccc(Cl)c2)c1. The number of nitrogens with one attached hydrogen (secondary N) is 1. The lowest BCUT2D eigenvalue weighted by atomic mass is 10.3. The molecule has 0 saturated carbocycles. The van der Waals surface area contributed by atoms with Gasteiger partial charge in [-0.05, 0) is 24.3 Å². The summed E-state index contributed by atoms with van der Waals surface area (Å²) in [7, 11) is 0. The third-order valence-electron chi connectivity index (χ3n) is 2.34. The Balaban J connectivity index is 1.98. The molecule has 1 N–H and O–H groups in total. The number of hydrogen-bond acceptors (Lipinski definition) is 2. The number of benzene rings is 1. The summed E-state index contributed by atoms with van der Waals surface area (Å²) in [5, 5.41) is 3.29. The lowest BCUT2D eigenvalue weighted by molar-refractivity contribution is -0.116. The molecule has 5 heteroatoms. The van der Waals surface area contributed by atoms with E-state index in [0.29, 0.717) is 16.3 Å². The molecule has 1 aromatic carbocycles. The topological polar surface area (TPSA) is 51.1 Å². The number of halogens is 1. The van der Waals surface area contributed by atoms with Gasteiger partial charge in [-0.2, -0.15) is 0 Å². The molecule has 0 unspecified atom stereocenters. The van der Waals surface area contributed by atoms with Crippen LogP contribution in [0.4, 0.5) is 5.69 Å².